The molecule has 0 bridgehead atoms. The highest BCUT2D eigenvalue weighted by atomic mass is 16.5. The van der Waals surface area contributed by atoms with E-state index in [2.05, 4.69) is 10.3 Å². The van der Waals surface area contributed by atoms with Crippen LogP contribution in [0.3, 0.4) is 0 Å². The molecule has 0 unspecified atom stereocenters. The molecule has 104 valence electrons. The fourth-order valence-corrected chi connectivity index (χ4v) is 1.81. The average molecular weight is 273 g/mol. The Morgan fingerprint density at radius 2 is 2.10 bits per heavy atom. The zero-order chi connectivity index (χ0) is 14.7. The number of nitrogens with one attached hydrogen (secondary N) is 1. The standard InChI is InChI=1S/C14H15N3O3/c1-9-4-5-11(10(6-9)14(19)20-3)16-13(18)12-7-15-8-17(12)2/h4-8H,1-3H3,(H,16,18). The van der Waals surface area contributed by atoms with Crippen molar-refractivity contribution in [3.63, 3.8) is 0 Å². The molecule has 2 rings (SSSR count). The number of carbonyl (C=O) groups excluding carboxylic acids is 2. The number of amides is 1. The predicted molar refractivity (Wildman–Crippen MR) is 73.7 cm³/mol. The molecule has 0 spiro atoms. The van der Waals surface area contributed by atoms with E-state index in [1.807, 2.05) is 13.0 Å². The van der Waals surface area contributed by atoms with Crippen LogP contribution < -0.4 is 5.32 Å². The number of nitrogens with zero attached hydrogens (tertiary/aromatic N) is 2. The molecule has 0 radical (unpaired) electrons. The molecule has 0 fully saturated rings. The minimum Gasteiger partial charge on any atom is -0.465 e. The first-order chi connectivity index (χ1) is 9.52. The van der Waals surface area contributed by atoms with Gasteiger partial charge >= 0.3 is 5.97 Å². The van der Waals surface area contributed by atoms with E-state index in [9.17, 15) is 9.59 Å². The first kappa shape index (κ1) is 13.8. The lowest BCUT2D eigenvalue weighted by molar-refractivity contribution is 0.0602. The molecule has 6 heteroatoms. The minimum absolute atomic E-state index is 0.322. The first-order valence-electron chi connectivity index (χ1n) is 5.99. The third kappa shape index (κ3) is 2.69. The van der Waals surface area contributed by atoms with Gasteiger partial charge in [0.05, 0.1) is 30.9 Å². The minimum atomic E-state index is -0.492. The second kappa shape index (κ2) is 5.56. The van der Waals surface area contributed by atoms with Crippen molar-refractivity contribution < 1.29 is 14.3 Å². The second-order valence-electron chi connectivity index (χ2n) is 4.38. The van der Waals surface area contributed by atoms with Gasteiger partial charge in [-0.05, 0) is 19.1 Å². The second-order valence-corrected chi connectivity index (χ2v) is 4.38. The molecule has 1 amide bonds. The van der Waals surface area contributed by atoms with Crippen molar-refractivity contribution in [2.24, 2.45) is 7.05 Å². The van der Waals surface area contributed by atoms with Crippen molar-refractivity contribution in [1.82, 2.24) is 9.55 Å². The summed E-state index contributed by atoms with van der Waals surface area (Å²) in [5.41, 5.74) is 2.04. The molecule has 0 aliphatic carbocycles. The van der Waals surface area contributed by atoms with Crippen molar-refractivity contribution in [2.45, 2.75) is 6.92 Å². The van der Waals surface area contributed by atoms with E-state index in [4.69, 9.17) is 4.74 Å². The highest BCUT2D eigenvalue weighted by Gasteiger charge is 2.16. The average Bonchev–Trinajstić information content (AvgIpc) is 2.86. The molecule has 6 nitrogen and oxygen atoms in total. The molecular formula is C14H15N3O3. The van der Waals surface area contributed by atoms with Gasteiger partial charge in [0.25, 0.3) is 5.91 Å². The van der Waals surface area contributed by atoms with Crippen LogP contribution in [-0.4, -0.2) is 28.5 Å². The van der Waals surface area contributed by atoms with Crippen molar-refractivity contribution in [3.05, 3.63) is 47.5 Å². The number of aromatic nitrogens is 2. The zero-order valence-electron chi connectivity index (χ0n) is 11.5. The topological polar surface area (TPSA) is 73.2 Å². The molecule has 1 aromatic carbocycles. The number of benzene rings is 1. The summed E-state index contributed by atoms with van der Waals surface area (Å²) in [7, 11) is 3.02. The van der Waals surface area contributed by atoms with Crippen LogP contribution in [-0.2, 0) is 11.8 Å². The summed E-state index contributed by atoms with van der Waals surface area (Å²) in [6.45, 7) is 1.86. The van der Waals surface area contributed by atoms with Crippen molar-refractivity contribution >= 4 is 17.6 Å². The third-order valence-corrected chi connectivity index (χ3v) is 2.88. The molecule has 1 N–H and O–H groups in total. The van der Waals surface area contributed by atoms with E-state index in [0.29, 0.717) is 16.9 Å². The Morgan fingerprint density at radius 1 is 1.35 bits per heavy atom. The molecule has 1 aromatic heterocycles. The number of hydrogen-bond donors (Lipinski definition) is 1. The number of methoxy groups -OCH3 is 1. The van der Waals surface area contributed by atoms with Crippen LogP contribution in [0, 0.1) is 6.92 Å². The summed E-state index contributed by atoms with van der Waals surface area (Å²) < 4.78 is 6.32. The number of ether oxygens (including phenoxy) is 1. The van der Waals surface area contributed by atoms with Gasteiger partial charge in [-0.2, -0.15) is 0 Å². The summed E-state index contributed by atoms with van der Waals surface area (Å²) in [5, 5.41) is 2.70. The van der Waals surface area contributed by atoms with E-state index in [1.54, 1.807) is 23.7 Å². The Kier molecular flexibility index (Phi) is 3.84. The predicted octanol–water partition coefficient (Wildman–Crippen LogP) is 1.77. The maximum absolute atomic E-state index is 12.1. The van der Waals surface area contributed by atoms with Crippen LogP contribution in [0.2, 0.25) is 0 Å². The number of anilines is 1. The van der Waals surface area contributed by atoms with Gasteiger partial charge < -0.3 is 14.6 Å². The summed E-state index contributed by atoms with van der Waals surface area (Å²) in [4.78, 5) is 27.7. The fourth-order valence-electron chi connectivity index (χ4n) is 1.81. The highest BCUT2D eigenvalue weighted by molar-refractivity contribution is 6.07. The largest absolute Gasteiger partial charge is 0.465 e. The highest BCUT2D eigenvalue weighted by Crippen LogP contribution is 2.19. The lowest BCUT2D eigenvalue weighted by Crippen LogP contribution is -2.18. The third-order valence-electron chi connectivity index (χ3n) is 2.88. The van der Waals surface area contributed by atoms with Crippen molar-refractivity contribution in [2.75, 3.05) is 12.4 Å². The maximum atomic E-state index is 12.1. The van der Waals surface area contributed by atoms with Crippen molar-refractivity contribution in [3.8, 4) is 0 Å². The summed E-state index contributed by atoms with van der Waals surface area (Å²) >= 11 is 0. The molecule has 0 atom stereocenters. The monoisotopic (exact) mass is 273 g/mol. The van der Waals surface area contributed by atoms with E-state index in [1.165, 1.54) is 19.6 Å². The van der Waals surface area contributed by atoms with Crippen molar-refractivity contribution in [1.29, 1.82) is 0 Å². The molecule has 2 aromatic rings. The Hall–Kier alpha value is -2.63. The summed E-state index contributed by atoms with van der Waals surface area (Å²) in [6, 6.07) is 5.16. The summed E-state index contributed by atoms with van der Waals surface area (Å²) in [6.07, 6.45) is 2.99. The van der Waals surface area contributed by atoms with E-state index < -0.39 is 5.97 Å². The van der Waals surface area contributed by atoms with E-state index in [-0.39, 0.29) is 5.91 Å². The molecule has 1 heterocycles. The Labute approximate surface area is 116 Å². The quantitative estimate of drug-likeness (QED) is 0.865. The molecule has 0 saturated carbocycles. The van der Waals surface area contributed by atoms with Crippen LogP contribution in [0.4, 0.5) is 5.69 Å². The lowest BCUT2D eigenvalue weighted by atomic mass is 10.1. The van der Waals surface area contributed by atoms with Gasteiger partial charge in [-0.15, -0.1) is 0 Å². The smallest absolute Gasteiger partial charge is 0.339 e. The number of carbonyl (C=O) groups is 2. The number of imidazole rings is 1. The van der Waals surface area contributed by atoms with Crippen LogP contribution in [0.15, 0.2) is 30.7 Å². The normalized spacial score (nSPS) is 10.2. The van der Waals surface area contributed by atoms with E-state index in [0.717, 1.165) is 5.56 Å². The Balaban J connectivity index is 2.32. The van der Waals surface area contributed by atoms with Crippen LogP contribution in [0.25, 0.3) is 0 Å². The number of aryl methyl sites for hydroxylation is 2. The van der Waals surface area contributed by atoms with Gasteiger partial charge in [0.1, 0.15) is 5.69 Å². The van der Waals surface area contributed by atoms with E-state index >= 15 is 0 Å². The van der Waals surface area contributed by atoms with Gasteiger partial charge in [-0.3, -0.25) is 4.79 Å². The van der Waals surface area contributed by atoms with Crippen LogP contribution in [0.5, 0.6) is 0 Å². The first-order valence-corrected chi connectivity index (χ1v) is 5.99. The number of hydrogen-bond acceptors (Lipinski definition) is 4. The van der Waals surface area contributed by atoms with Gasteiger partial charge in [0.2, 0.25) is 0 Å². The SMILES string of the molecule is COC(=O)c1cc(C)ccc1NC(=O)c1cncn1C. The zero-order valence-corrected chi connectivity index (χ0v) is 11.5. The maximum Gasteiger partial charge on any atom is 0.339 e. The Bertz CT molecular complexity index is 661. The van der Waals surface area contributed by atoms with Crippen LogP contribution in [0.1, 0.15) is 26.4 Å². The van der Waals surface area contributed by atoms with Gasteiger partial charge in [-0.1, -0.05) is 11.6 Å². The fraction of sp³-hybridized carbons (Fsp3) is 0.214. The van der Waals surface area contributed by atoms with Gasteiger partial charge in [0.15, 0.2) is 0 Å². The molecule has 0 saturated heterocycles. The molecule has 0 aliphatic rings. The van der Waals surface area contributed by atoms with Crippen LogP contribution >= 0.6 is 0 Å². The lowest BCUT2D eigenvalue weighted by Gasteiger charge is -2.10. The van der Waals surface area contributed by atoms with Gasteiger partial charge in [0, 0.05) is 7.05 Å². The Morgan fingerprint density at radius 3 is 2.70 bits per heavy atom. The number of rotatable bonds is 3. The molecule has 0 aliphatic heterocycles. The number of esters is 1. The summed E-state index contributed by atoms with van der Waals surface area (Å²) in [5.74, 6) is -0.826. The molecule has 20 heavy (non-hydrogen) atoms. The molecular weight excluding hydrogens is 258 g/mol. The van der Waals surface area contributed by atoms with Gasteiger partial charge in [-0.25, -0.2) is 9.78 Å².